The summed E-state index contributed by atoms with van der Waals surface area (Å²) < 4.78 is 31.4. The van der Waals surface area contributed by atoms with Crippen molar-refractivity contribution >= 4 is 21.6 Å². The van der Waals surface area contributed by atoms with Crippen LogP contribution in [0.25, 0.3) is 0 Å². The third-order valence-electron chi connectivity index (χ3n) is 3.71. The van der Waals surface area contributed by atoms with Gasteiger partial charge in [0.25, 0.3) is 5.91 Å². The molecular weight excluding hydrogens is 320 g/mol. The average Bonchev–Trinajstić information content (AvgIpc) is 2.52. The number of carbonyl (C=O) groups excluding carboxylic acids is 1. The van der Waals surface area contributed by atoms with E-state index in [1.54, 1.807) is 6.07 Å². The zero-order valence-corrected chi connectivity index (χ0v) is 14.1. The van der Waals surface area contributed by atoms with Crippen LogP contribution < -0.4 is 10.1 Å². The van der Waals surface area contributed by atoms with Crippen molar-refractivity contribution in [2.45, 2.75) is 37.2 Å². The SMILES string of the molecule is CCCCC1Oc2ccc(S(=O)(=O)N(C)CCO)cc2NC1=O. The molecule has 2 N–H and O–H groups in total. The molecule has 2 rings (SSSR count). The number of likely N-dealkylation sites (N-methyl/N-ethyl adjacent to an activating group) is 1. The van der Waals surface area contributed by atoms with E-state index in [2.05, 4.69) is 5.32 Å². The van der Waals surface area contributed by atoms with Crippen molar-refractivity contribution in [3.63, 3.8) is 0 Å². The molecular formula is C15H22N2O5S. The van der Waals surface area contributed by atoms with Crippen LogP contribution in [0.3, 0.4) is 0 Å². The van der Waals surface area contributed by atoms with Crippen LogP contribution in [0.1, 0.15) is 26.2 Å². The molecule has 8 heteroatoms. The van der Waals surface area contributed by atoms with Gasteiger partial charge in [0.1, 0.15) is 5.75 Å². The fourth-order valence-corrected chi connectivity index (χ4v) is 3.50. The van der Waals surface area contributed by atoms with Gasteiger partial charge in [-0.25, -0.2) is 8.42 Å². The van der Waals surface area contributed by atoms with E-state index in [-0.39, 0.29) is 24.0 Å². The Morgan fingerprint density at radius 3 is 2.78 bits per heavy atom. The van der Waals surface area contributed by atoms with Gasteiger partial charge in [0.2, 0.25) is 10.0 Å². The monoisotopic (exact) mass is 342 g/mol. The number of rotatable bonds is 7. The molecule has 1 unspecified atom stereocenters. The van der Waals surface area contributed by atoms with Crippen LogP contribution in [0.4, 0.5) is 5.69 Å². The predicted octanol–water partition coefficient (Wildman–Crippen LogP) is 1.19. The van der Waals surface area contributed by atoms with Gasteiger partial charge in [-0.2, -0.15) is 4.31 Å². The summed E-state index contributed by atoms with van der Waals surface area (Å²) in [5, 5.41) is 11.6. The minimum Gasteiger partial charge on any atom is -0.478 e. The number of ether oxygens (including phenoxy) is 1. The van der Waals surface area contributed by atoms with E-state index in [1.165, 1.54) is 19.2 Å². The summed E-state index contributed by atoms with van der Waals surface area (Å²) in [6.45, 7) is 1.77. The minimum absolute atomic E-state index is 0.00136. The highest BCUT2D eigenvalue weighted by atomic mass is 32.2. The van der Waals surface area contributed by atoms with Gasteiger partial charge >= 0.3 is 0 Å². The molecule has 0 saturated carbocycles. The number of aliphatic hydroxyl groups excluding tert-OH is 1. The van der Waals surface area contributed by atoms with E-state index < -0.39 is 16.1 Å². The van der Waals surface area contributed by atoms with E-state index in [9.17, 15) is 13.2 Å². The molecule has 0 fully saturated rings. The van der Waals surface area contributed by atoms with Crippen LogP contribution in [0.5, 0.6) is 5.75 Å². The van der Waals surface area contributed by atoms with Gasteiger partial charge in [0.05, 0.1) is 17.2 Å². The van der Waals surface area contributed by atoms with Crippen LogP contribution in [0, 0.1) is 0 Å². The molecule has 7 nitrogen and oxygen atoms in total. The van der Waals surface area contributed by atoms with Crippen molar-refractivity contribution in [1.29, 1.82) is 0 Å². The quantitative estimate of drug-likeness (QED) is 0.776. The Hall–Kier alpha value is -1.64. The van der Waals surface area contributed by atoms with E-state index in [1.807, 2.05) is 6.92 Å². The zero-order valence-electron chi connectivity index (χ0n) is 13.3. The van der Waals surface area contributed by atoms with Crippen molar-refractivity contribution in [2.75, 3.05) is 25.5 Å². The lowest BCUT2D eigenvalue weighted by atomic mass is 10.1. The molecule has 1 amide bonds. The van der Waals surface area contributed by atoms with Crippen molar-refractivity contribution in [3.05, 3.63) is 18.2 Å². The van der Waals surface area contributed by atoms with Crippen molar-refractivity contribution < 1.29 is 23.1 Å². The Kier molecular flexibility index (Phi) is 5.61. The molecule has 1 aliphatic rings. The van der Waals surface area contributed by atoms with Gasteiger partial charge in [0, 0.05) is 13.6 Å². The van der Waals surface area contributed by atoms with Gasteiger partial charge in [-0.15, -0.1) is 0 Å². The molecule has 1 aromatic carbocycles. The second-order valence-corrected chi connectivity index (χ2v) is 7.49. The summed E-state index contributed by atoms with van der Waals surface area (Å²) in [6.07, 6.45) is 1.93. The maximum Gasteiger partial charge on any atom is 0.265 e. The Bertz CT molecular complexity index is 674. The third kappa shape index (κ3) is 3.82. The molecule has 1 aromatic rings. The summed E-state index contributed by atoms with van der Waals surface area (Å²) in [4.78, 5) is 12.1. The van der Waals surface area contributed by atoms with Gasteiger partial charge in [-0.05, 0) is 31.0 Å². The lowest BCUT2D eigenvalue weighted by Gasteiger charge is -2.26. The number of carbonyl (C=O) groups is 1. The first-order valence-electron chi connectivity index (χ1n) is 7.59. The second kappa shape index (κ2) is 7.29. The van der Waals surface area contributed by atoms with Crippen molar-refractivity contribution in [2.24, 2.45) is 0 Å². The highest BCUT2D eigenvalue weighted by molar-refractivity contribution is 7.89. The number of aliphatic hydroxyl groups is 1. The van der Waals surface area contributed by atoms with Gasteiger partial charge in [-0.3, -0.25) is 4.79 Å². The molecule has 0 bridgehead atoms. The lowest BCUT2D eigenvalue weighted by Crippen LogP contribution is -2.37. The Morgan fingerprint density at radius 1 is 1.39 bits per heavy atom. The number of hydrogen-bond donors (Lipinski definition) is 2. The number of hydrogen-bond acceptors (Lipinski definition) is 5. The number of amides is 1. The molecule has 0 aromatic heterocycles. The molecule has 1 atom stereocenters. The Labute approximate surface area is 136 Å². The third-order valence-corrected chi connectivity index (χ3v) is 5.57. The van der Waals surface area contributed by atoms with E-state index in [0.29, 0.717) is 17.9 Å². The van der Waals surface area contributed by atoms with Crippen LogP contribution in [0.2, 0.25) is 0 Å². The fourth-order valence-electron chi connectivity index (χ4n) is 2.31. The first-order valence-corrected chi connectivity index (χ1v) is 9.03. The summed E-state index contributed by atoms with van der Waals surface area (Å²) in [6, 6.07) is 4.37. The van der Waals surface area contributed by atoms with Crippen LogP contribution in [-0.4, -0.2) is 50.0 Å². The van der Waals surface area contributed by atoms with E-state index in [0.717, 1.165) is 17.1 Å². The standard InChI is InChI=1S/C15H22N2O5S/c1-3-4-5-14-15(19)16-12-10-11(6-7-13(12)22-14)23(20,21)17(2)8-9-18/h6-7,10,14,18H,3-5,8-9H2,1-2H3,(H,16,19). The number of nitrogens with zero attached hydrogens (tertiary/aromatic N) is 1. The molecule has 23 heavy (non-hydrogen) atoms. The number of anilines is 1. The topological polar surface area (TPSA) is 95.9 Å². The Balaban J connectivity index is 2.25. The van der Waals surface area contributed by atoms with Crippen LogP contribution in [0.15, 0.2) is 23.1 Å². The van der Waals surface area contributed by atoms with Crippen LogP contribution in [-0.2, 0) is 14.8 Å². The zero-order chi connectivity index (χ0) is 17.0. The minimum atomic E-state index is -3.71. The van der Waals surface area contributed by atoms with Crippen molar-refractivity contribution in [3.8, 4) is 5.75 Å². The predicted molar refractivity (Wildman–Crippen MR) is 85.9 cm³/mol. The molecule has 1 aliphatic heterocycles. The molecule has 0 aliphatic carbocycles. The fraction of sp³-hybridized carbons (Fsp3) is 0.533. The maximum absolute atomic E-state index is 12.4. The summed E-state index contributed by atoms with van der Waals surface area (Å²) >= 11 is 0. The first kappa shape index (κ1) is 17.7. The van der Waals surface area contributed by atoms with Crippen molar-refractivity contribution in [1.82, 2.24) is 4.31 Å². The van der Waals surface area contributed by atoms with E-state index in [4.69, 9.17) is 9.84 Å². The molecule has 1 heterocycles. The molecule has 0 saturated heterocycles. The first-order chi connectivity index (χ1) is 10.9. The van der Waals surface area contributed by atoms with Gasteiger partial charge in [-0.1, -0.05) is 13.3 Å². The van der Waals surface area contributed by atoms with Crippen LogP contribution >= 0.6 is 0 Å². The lowest BCUT2D eigenvalue weighted by molar-refractivity contribution is -0.123. The smallest absolute Gasteiger partial charge is 0.265 e. The molecule has 0 radical (unpaired) electrons. The highest BCUT2D eigenvalue weighted by Crippen LogP contribution is 2.33. The Morgan fingerprint density at radius 2 is 2.13 bits per heavy atom. The van der Waals surface area contributed by atoms with E-state index >= 15 is 0 Å². The summed E-state index contributed by atoms with van der Waals surface area (Å²) in [7, 11) is -2.32. The number of benzene rings is 1. The largest absolute Gasteiger partial charge is 0.478 e. The maximum atomic E-state index is 12.4. The summed E-state index contributed by atoms with van der Waals surface area (Å²) in [5.74, 6) is 0.207. The molecule has 0 spiro atoms. The second-order valence-electron chi connectivity index (χ2n) is 5.45. The van der Waals surface area contributed by atoms with Gasteiger partial charge < -0.3 is 15.2 Å². The normalized spacial score (nSPS) is 17.6. The number of unbranched alkanes of at least 4 members (excludes halogenated alkanes) is 1. The number of fused-ring (bicyclic) bond motifs is 1. The summed E-state index contributed by atoms with van der Waals surface area (Å²) in [5.41, 5.74) is 0.348. The van der Waals surface area contributed by atoms with Gasteiger partial charge in [0.15, 0.2) is 6.10 Å². The highest BCUT2D eigenvalue weighted by Gasteiger charge is 2.29. The number of sulfonamides is 1. The molecule has 128 valence electrons. The number of nitrogens with one attached hydrogen (secondary N) is 1. The average molecular weight is 342 g/mol.